The highest BCUT2D eigenvalue weighted by molar-refractivity contribution is 5.92. The van der Waals surface area contributed by atoms with Crippen molar-refractivity contribution < 1.29 is 23.7 Å². The van der Waals surface area contributed by atoms with Crippen LogP contribution in [-0.2, 0) is 14.3 Å². The largest absolute Gasteiger partial charge is 0.490 e. The molecule has 1 aromatic heterocycles. The summed E-state index contributed by atoms with van der Waals surface area (Å²) in [5, 5.41) is 1.02. The third kappa shape index (κ3) is 5.89. The van der Waals surface area contributed by atoms with E-state index in [1.165, 1.54) is 0 Å². The monoisotopic (exact) mass is 504 g/mol. The van der Waals surface area contributed by atoms with E-state index < -0.39 is 0 Å². The molecule has 0 aliphatic carbocycles. The van der Waals surface area contributed by atoms with E-state index in [1.807, 2.05) is 43.0 Å². The summed E-state index contributed by atoms with van der Waals surface area (Å²) < 4.78 is 24.0. The second-order valence-electron chi connectivity index (χ2n) is 9.60. The fourth-order valence-corrected chi connectivity index (χ4v) is 5.09. The molecular weight excluding hydrogens is 468 g/mol. The van der Waals surface area contributed by atoms with Gasteiger partial charge in [0, 0.05) is 62.7 Å². The van der Waals surface area contributed by atoms with Gasteiger partial charge in [0.2, 0.25) is 0 Å². The lowest BCUT2D eigenvalue weighted by molar-refractivity contribution is -0.142. The minimum Gasteiger partial charge on any atom is -0.490 e. The van der Waals surface area contributed by atoms with Gasteiger partial charge in [0.25, 0.3) is 5.91 Å². The molecule has 1 unspecified atom stereocenters. The number of benzene rings is 2. The number of hydrogen-bond acceptors (Lipinski definition) is 6. The minimum absolute atomic E-state index is 0.0969. The Kier molecular flexibility index (Phi) is 8.21. The molecule has 2 aromatic carbocycles. The number of rotatable bonds is 9. The van der Waals surface area contributed by atoms with Gasteiger partial charge in [-0.25, -0.2) is 0 Å². The maximum absolute atomic E-state index is 12.6. The molecule has 2 aliphatic rings. The summed E-state index contributed by atoms with van der Waals surface area (Å²) in [6, 6.07) is 16.2. The summed E-state index contributed by atoms with van der Waals surface area (Å²) in [5.74, 6) is 1.70. The van der Waals surface area contributed by atoms with Crippen LogP contribution in [0.3, 0.4) is 0 Å². The zero-order chi connectivity index (χ0) is 25.6. The van der Waals surface area contributed by atoms with E-state index in [2.05, 4.69) is 29.2 Å². The van der Waals surface area contributed by atoms with E-state index in [0.717, 1.165) is 65.6 Å². The highest BCUT2D eigenvalue weighted by Gasteiger charge is 2.31. The van der Waals surface area contributed by atoms with Crippen molar-refractivity contribution in [3.05, 3.63) is 54.7 Å². The number of amides is 1. The molecule has 1 amide bonds. The van der Waals surface area contributed by atoms with E-state index in [1.54, 1.807) is 6.20 Å². The number of ether oxygens (including phenoxy) is 4. The van der Waals surface area contributed by atoms with Crippen LogP contribution in [0, 0.1) is 0 Å². The first-order chi connectivity index (χ1) is 18.2. The third-order valence-corrected chi connectivity index (χ3v) is 7.09. The number of fused-ring (bicyclic) bond motifs is 1. The van der Waals surface area contributed by atoms with Crippen molar-refractivity contribution in [3.63, 3.8) is 0 Å². The van der Waals surface area contributed by atoms with Gasteiger partial charge in [-0.15, -0.1) is 0 Å². The quantitative estimate of drug-likeness (QED) is 0.353. The maximum Gasteiger partial charge on any atom is 0.251 e. The number of carbonyl (C=O) groups is 1. The molecule has 0 saturated carbocycles. The molecule has 196 valence electrons. The van der Waals surface area contributed by atoms with Crippen LogP contribution in [0.1, 0.15) is 46.0 Å². The van der Waals surface area contributed by atoms with Crippen LogP contribution in [0.5, 0.6) is 11.5 Å². The van der Waals surface area contributed by atoms with Gasteiger partial charge < -0.3 is 23.8 Å². The topological polar surface area (TPSA) is 70.1 Å². The first-order valence-corrected chi connectivity index (χ1v) is 13.5. The molecule has 37 heavy (non-hydrogen) atoms. The first-order valence-electron chi connectivity index (χ1n) is 13.5. The van der Waals surface area contributed by atoms with Gasteiger partial charge in [-0.05, 0) is 49.6 Å². The average Bonchev–Trinajstić information content (AvgIpc) is 3.49. The molecule has 0 spiro atoms. The average molecular weight is 505 g/mol. The van der Waals surface area contributed by atoms with Crippen molar-refractivity contribution in [3.8, 4) is 22.6 Å². The summed E-state index contributed by atoms with van der Waals surface area (Å²) in [7, 11) is 0. The van der Waals surface area contributed by atoms with Crippen LogP contribution in [0.4, 0.5) is 0 Å². The second-order valence-corrected chi connectivity index (χ2v) is 9.60. The van der Waals surface area contributed by atoms with Crippen LogP contribution in [0.25, 0.3) is 22.0 Å². The van der Waals surface area contributed by atoms with Gasteiger partial charge >= 0.3 is 0 Å². The number of carbonyl (C=O) groups excluding carboxylic acids is 1. The molecule has 3 aromatic rings. The molecule has 7 nitrogen and oxygen atoms in total. The molecular formula is C30H36N2O5. The summed E-state index contributed by atoms with van der Waals surface area (Å²) >= 11 is 0. The Labute approximate surface area is 218 Å². The van der Waals surface area contributed by atoms with Gasteiger partial charge in [0.15, 0.2) is 12.0 Å². The van der Waals surface area contributed by atoms with Crippen LogP contribution in [0.2, 0.25) is 0 Å². The number of nitrogens with zero attached hydrogens (tertiary/aromatic N) is 2. The predicted octanol–water partition coefficient (Wildman–Crippen LogP) is 5.60. The van der Waals surface area contributed by atoms with Gasteiger partial charge in [-0.3, -0.25) is 9.78 Å². The Morgan fingerprint density at radius 3 is 2.59 bits per heavy atom. The van der Waals surface area contributed by atoms with Gasteiger partial charge in [-0.1, -0.05) is 31.2 Å². The Morgan fingerprint density at radius 2 is 1.89 bits per heavy atom. The lowest BCUT2D eigenvalue weighted by atomic mass is 10.0. The van der Waals surface area contributed by atoms with Crippen molar-refractivity contribution in [1.82, 2.24) is 9.88 Å². The first kappa shape index (κ1) is 25.5. The molecule has 2 atom stereocenters. The summed E-state index contributed by atoms with van der Waals surface area (Å²) in [4.78, 5) is 19.1. The van der Waals surface area contributed by atoms with Crippen molar-refractivity contribution in [2.45, 2.75) is 64.4 Å². The summed E-state index contributed by atoms with van der Waals surface area (Å²) in [6.45, 7) is 6.72. The summed E-state index contributed by atoms with van der Waals surface area (Å²) in [5.41, 5.74) is 2.82. The third-order valence-electron chi connectivity index (χ3n) is 7.09. The van der Waals surface area contributed by atoms with Crippen molar-refractivity contribution >= 4 is 16.8 Å². The standard InChI is InChI=1S/C30H36N2O5/c1-3-27(34-4-2)37-29-25(14-11-22-7-5-17-31-28(22)29)21-9-12-23(13-10-21)36-24-15-18-32(19-16-24)30(33)26-8-6-20-35-26/h5,7,9-14,17,24,26-27H,3-4,6,8,15-16,18-20H2,1-2H3/t26-,27?/m1/s1. The molecule has 3 heterocycles. The SMILES string of the molecule is CCOC(CC)Oc1c(-c2ccc(OC3CCN(C(=O)[C@H]4CCCO4)CC3)cc2)ccc2cccnc12. The number of aromatic nitrogens is 1. The van der Waals surface area contributed by atoms with E-state index in [0.29, 0.717) is 26.3 Å². The molecule has 2 saturated heterocycles. The van der Waals surface area contributed by atoms with Crippen LogP contribution in [-0.4, -0.2) is 60.6 Å². The van der Waals surface area contributed by atoms with Crippen molar-refractivity contribution in [2.24, 2.45) is 0 Å². The van der Waals surface area contributed by atoms with Gasteiger partial charge in [0.1, 0.15) is 23.5 Å². The molecule has 5 rings (SSSR count). The van der Waals surface area contributed by atoms with Crippen LogP contribution >= 0.6 is 0 Å². The summed E-state index contributed by atoms with van der Waals surface area (Å²) in [6.07, 6.45) is 5.50. The smallest absolute Gasteiger partial charge is 0.251 e. The Morgan fingerprint density at radius 1 is 1.08 bits per heavy atom. The number of piperidine rings is 1. The zero-order valence-corrected chi connectivity index (χ0v) is 21.7. The highest BCUT2D eigenvalue weighted by atomic mass is 16.7. The molecule has 7 heteroatoms. The van der Waals surface area contributed by atoms with E-state index in [9.17, 15) is 4.79 Å². The second kappa shape index (κ2) is 11.9. The lowest BCUT2D eigenvalue weighted by Crippen LogP contribution is -2.45. The van der Waals surface area contributed by atoms with Gasteiger partial charge in [0.05, 0.1) is 0 Å². The molecule has 0 bridgehead atoms. The van der Waals surface area contributed by atoms with E-state index >= 15 is 0 Å². The fourth-order valence-electron chi connectivity index (χ4n) is 5.09. The van der Waals surface area contributed by atoms with Crippen molar-refractivity contribution in [2.75, 3.05) is 26.3 Å². The maximum atomic E-state index is 12.6. The molecule has 2 aliphatic heterocycles. The predicted molar refractivity (Wildman–Crippen MR) is 143 cm³/mol. The Balaban J connectivity index is 1.28. The molecule has 0 N–H and O–H groups in total. The van der Waals surface area contributed by atoms with E-state index in [4.69, 9.17) is 18.9 Å². The van der Waals surface area contributed by atoms with Crippen LogP contribution < -0.4 is 9.47 Å². The number of likely N-dealkylation sites (tertiary alicyclic amines) is 1. The van der Waals surface area contributed by atoms with E-state index in [-0.39, 0.29) is 24.4 Å². The zero-order valence-electron chi connectivity index (χ0n) is 21.7. The lowest BCUT2D eigenvalue weighted by Gasteiger charge is -2.33. The highest BCUT2D eigenvalue weighted by Crippen LogP contribution is 2.37. The van der Waals surface area contributed by atoms with Crippen LogP contribution in [0.15, 0.2) is 54.7 Å². The Hall–Kier alpha value is -3.16. The number of hydrogen-bond donors (Lipinski definition) is 0. The minimum atomic E-state index is -0.336. The van der Waals surface area contributed by atoms with Crippen molar-refractivity contribution in [1.29, 1.82) is 0 Å². The Bertz CT molecular complexity index is 1180. The molecule has 0 radical (unpaired) electrons. The normalized spacial score (nSPS) is 19.2. The van der Waals surface area contributed by atoms with Gasteiger partial charge in [-0.2, -0.15) is 0 Å². The number of pyridine rings is 1. The molecule has 2 fully saturated rings. The fraction of sp³-hybridized carbons (Fsp3) is 0.467.